The molecule has 0 aromatic carbocycles. The maximum Gasteiger partial charge on any atom is 0.293 e. The third-order valence-corrected chi connectivity index (χ3v) is 3.63. The Morgan fingerprint density at radius 1 is 1.40 bits per heavy atom. The Bertz CT molecular complexity index is 489. The number of rotatable bonds is 4. The van der Waals surface area contributed by atoms with Gasteiger partial charge in [0.1, 0.15) is 5.82 Å². The Kier molecular flexibility index (Phi) is 4.36. The Morgan fingerprint density at radius 3 is 2.55 bits per heavy atom. The number of carbonyl (C=O) groups excluding carboxylic acids is 2. The summed E-state index contributed by atoms with van der Waals surface area (Å²) in [5.41, 5.74) is 5.20. The van der Waals surface area contributed by atoms with Gasteiger partial charge in [-0.2, -0.15) is 0 Å². The number of aromatic amines is 1. The molecule has 1 saturated heterocycles. The second-order valence-electron chi connectivity index (χ2n) is 5.60. The highest BCUT2D eigenvalue weighted by Gasteiger charge is 2.26. The second-order valence-corrected chi connectivity index (χ2v) is 5.60. The third-order valence-electron chi connectivity index (χ3n) is 3.63. The van der Waals surface area contributed by atoms with E-state index >= 15 is 0 Å². The third kappa shape index (κ3) is 3.34. The molecule has 1 aromatic heterocycles. The first-order valence-electron chi connectivity index (χ1n) is 6.97. The molecule has 0 atom stereocenters. The first-order chi connectivity index (χ1) is 9.47. The van der Waals surface area contributed by atoms with E-state index in [1.165, 1.54) is 0 Å². The Labute approximate surface area is 117 Å². The highest BCUT2D eigenvalue weighted by atomic mass is 16.2. The number of aromatic nitrogens is 3. The number of nitrogens with two attached hydrogens (primary N) is 1. The number of nitrogens with zero attached hydrogens (tertiary/aromatic N) is 3. The van der Waals surface area contributed by atoms with Gasteiger partial charge in [0.25, 0.3) is 5.91 Å². The van der Waals surface area contributed by atoms with E-state index in [1.54, 1.807) is 4.90 Å². The first kappa shape index (κ1) is 14.5. The lowest BCUT2D eigenvalue weighted by atomic mass is 9.93. The molecule has 2 rings (SSSR count). The van der Waals surface area contributed by atoms with Gasteiger partial charge in [-0.1, -0.05) is 13.8 Å². The van der Waals surface area contributed by atoms with E-state index in [0.29, 0.717) is 19.5 Å². The van der Waals surface area contributed by atoms with Gasteiger partial charge in [0.2, 0.25) is 11.7 Å². The number of likely N-dealkylation sites (tertiary alicyclic amines) is 1. The molecule has 0 saturated carbocycles. The summed E-state index contributed by atoms with van der Waals surface area (Å²) in [7, 11) is 0. The molecule has 7 nitrogen and oxygen atoms in total. The molecule has 0 unspecified atom stereocenters. The van der Waals surface area contributed by atoms with Crippen LogP contribution < -0.4 is 5.73 Å². The fraction of sp³-hybridized carbons (Fsp3) is 0.692. The van der Waals surface area contributed by atoms with Crippen molar-refractivity contribution in [2.45, 2.75) is 39.0 Å². The van der Waals surface area contributed by atoms with Crippen LogP contribution in [0.25, 0.3) is 0 Å². The molecule has 2 amide bonds. The monoisotopic (exact) mass is 279 g/mol. The molecule has 0 radical (unpaired) electrons. The number of amides is 2. The number of nitrogens with one attached hydrogen (secondary N) is 1. The van der Waals surface area contributed by atoms with Gasteiger partial charge in [-0.05, 0) is 18.8 Å². The zero-order chi connectivity index (χ0) is 14.7. The van der Waals surface area contributed by atoms with Crippen LogP contribution in [0.3, 0.4) is 0 Å². The summed E-state index contributed by atoms with van der Waals surface area (Å²) < 4.78 is 0. The largest absolute Gasteiger partial charge is 0.370 e. The fourth-order valence-electron chi connectivity index (χ4n) is 2.39. The van der Waals surface area contributed by atoms with Crippen LogP contribution in [0.5, 0.6) is 0 Å². The van der Waals surface area contributed by atoms with Crippen molar-refractivity contribution in [1.29, 1.82) is 0 Å². The fourth-order valence-corrected chi connectivity index (χ4v) is 2.39. The Hall–Kier alpha value is -1.92. The van der Waals surface area contributed by atoms with Crippen LogP contribution in [0.4, 0.5) is 0 Å². The minimum absolute atomic E-state index is 0.148. The van der Waals surface area contributed by atoms with Crippen LogP contribution >= 0.6 is 0 Å². The summed E-state index contributed by atoms with van der Waals surface area (Å²) in [4.78, 5) is 29.1. The summed E-state index contributed by atoms with van der Waals surface area (Å²) in [5, 5.41) is 6.77. The van der Waals surface area contributed by atoms with Gasteiger partial charge in [0.15, 0.2) is 0 Å². The standard InChI is InChI=1S/C13H21N5O2/c1-8(2)11-15-12(17-16-11)13(20)18-5-3-9(4-6-18)7-10(14)19/h8-9H,3-7H2,1-2H3,(H2,14,19)(H,15,16,17). The minimum Gasteiger partial charge on any atom is -0.370 e. The average Bonchev–Trinajstić information content (AvgIpc) is 2.88. The van der Waals surface area contributed by atoms with Crippen LogP contribution in [-0.2, 0) is 4.79 Å². The molecule has 1 fully saturated rings. The van der Waals surface area contributed by atoms with Gasteiger partial charge < -0.3 is 10.6 Å². The van der Waals surface area contributed by atoms with Gasteiger partial charge in [-0.15, -0.1) is 5.10 Å². The van der Waals surface area contributed by atoms with Crippen molar-refractivity contribution >= 4 is 11.8 Å². The van der Waals surface area contributed by atoms with Crippen LogP contribution in [0.15, 0.2) is 0 Å². The van der Waals surface area contributed by atoms with Gasteiger partial charge in [-0.3, -0.25) is 14.7 Å². The number of H-pyrrole nitrogens is 1. The smallest absolute Gasteiger partial charge is 0.293 e. The van der Waals surface area contributed by atoms with E-state index in [-0.39, 0.29) is 29.5 Å². The predicted molar refractivity (Wildman–Crippen MR) is 72.9 cm³/mol. The summed E-state index contributed by atoms with van der Waals surface area (Å²) in [6.45, 7) is 5.23. The summed E-state index contributed by atoms with van der Waals surface area (Å²) in [5.74, 6) is 1.02. The molecular weight excluding hydrogens is 258 g/mol. The molecule has 1 aliphatic heterocycles. The lowest BCUT2D eigenvalue weighted by molar-refractivity contribution is -0.119. The normalized spacial score (nSPS) is 16.6. The van der Waals surface area contributed by atoms with Gasteiger partial charge in [-0.25, -0.2) is 4.98 Å². The SMILES string of the molecule is CC(C)c1nc(C(=O)N2CCC(CC(N)=O)CC2)n[nH]1. The van der Waals surface area contributed by atoms with Crippen LogP contribution in [0, 0.1) is 5.92 Å². The molecule has 0 aliphatic carbocycles. The minimum atomic E-state index is -0.273. The van der Waals surface area contributed by atoms with E-state index in [4.69, 9.17) is 5.73 Å². The zero-order valence-electron chi connectivity index (χ0n) is 11.9. The maximum atomic E-state index is 12.3. The topological polar surface area (TPSA) is 105 Å². The number of hydrogen-bond acceptors (Lipinski definition) is 4. The van der Waals surface area contributed by atoms with E-state index in [9.17, 15) is 9.59 Å². The highest BCUT2D eigenvalue weighted by Crippen LogP contribution is 2.21. The van der Waals surface area contributed by atoms with Crippen LogP contribution in [0.2, 0.25) is 0 Å². The summed E-state index contributed by atoms with van der Waals surface area (Å²) >= 11 is 0. The van der Waals surface area contributed by atoms with Crippen molar-refractivity contribution in [3.05, 3.63) is 11.6 Å². The van der Waals surface area contributed by atoms with Gasteiger partial charge >= 0.3 is 0 Å². The quantitative estimate of drug-likeness (QED) is 0.844. The Balaban J connectivity index is 1.92. The lowest BCUT2D eigenvalue weighted by Crippen LogP contribution is -2.39. The van der Waals surface area contributed by atoms with Crippen LogP contribution in [-0.4, -0.2) is 45.0 Å². The summed E-state index contributed by atoms with van der Waals surface area (Å²) in [6, 6.07) is 0. The molecule has 0 spiro atoms. The molecule has 2 heterocycles. The highest BCUT2D eigenvalue weighted by molar-refractivity contribution is 5.90. The van der Waals surface area contributed by atoms with E-state index in [0.717, 1.165) is 18.7 Å². The predicted octanol–water partition coefficient (Wildman–Crippen LogP) is 0.656. The molecule has 0 bridgehead atoms. The Morgan fingerprint density at radius 2 is 2.05 bits per heavy atom. The first-order valence-corrected chi connectivity index (χ1v) is 6.97. The molecule has 20 heavy (non-hydrogen) atoms. The molecule has 1 aromatic rings. The van der Waals surface area contributed by atoms with Crippen molar-refractivity contribution in [2.75, 3.05) is 13.1 Å². The van der Waals surface area contributed by atoms with Crippen molar-refractivity contribution in [1.82, 2.24) is 20.1 Å². The number of piperidine rings is 1. The maximum absolute atomic E-state index is 12.3. The molecule has 1 aliphatic rings. The second kappa shape index (κ2) is 6.02. The van der Waals surface area contributed by atoms with Gasteiger partial charge in [0, 0.05) is 25.4 Å². The zero-order valence-corrected chi connectivity index (χ0v) is 11.9. The van der Waals surface area contributed by atoms with E-state index < -0.39 is 0 Å². The molecule has 7 heteroatoms. The van der Waals surface area contributed by atoms with E-state index in [1.807, 2.05) is 13.8 Å². The molecule has 3 N–H and O–H groups in total. The van der Waals surface area contributed by atoms with Crippen LogP contribution in [0.1, 0.15) is 55.5 Å². The van der Waals surface area contributed by atoms with Crippen molar-refractivity contribution in [3.63, 3.8) is 0 Å². The number of primary amides is 1. The van der Waals surface area contributed by atoms with Crippen molar-refractivity contribution in [3.8, 4) is 0 Å². The van der Waals surface area contributed by atoms with E-state index in [2.05, 4.69) is 15.2 Å². The molecule has 110 valence electrons. The number of hydrogen-bond donors (Lipinski definition) is 2. The van der Waals surface area contributed by atoms with Gasteiger partial charge in [0.05, 0.1) is 0 Å². The summed E-state index contributed by atoms with van der Waals surface area (Å²) in [6.07, 6.45) is 2.01. The average molecular weight is 279 g/mol. The molecular formula is C13H21N5O2. The number of carbonyl (C=O) groups is 2. The van der Waals surface area contributed by atoms with Crippen molar-refractivity contribution < 1.29 is 9.59 Å². The lowest BCUT2D eigenvalue weighted by Gasteiger charge is -2.30. The van der Waals surface area contributed by atoms with Crippen molar-refractivity contribution in [2.24, 2.45) is 11.7 Å².